The van der Waals surface area contributed by atoms with Gasteiger partial charge >= 0.3 is 0 Å². The quantitative estimate of drug-likeness (QED) is 0.917. The van der Waals surface area contributed by atoms with Crippen molar-refractivity contribution < 1.29 is 13.5 Å². The molecular weight excluding hydrogens is 334 g/mol. The van der Waals surface area contributed by atoms with Gasteiger partial charge in [-0.25, -0.2) is 8.42 Å². The van der Waals surface area contributed by atoms with Crippen molar-refractivity contribution in [3.05, 3.63) is 71.3 Å². The van der Waals surface area contributed by atoms with E-state index in [1.54, 1.807) is 24.3 Å². The summed E-state index contributed by atoms with van der Waals surface area (Å²) in [5, 5.41) is 10.4. The summed E-state index contributed by atoms with van der Waals surface area (Å²) in [5.74, 6) is 0. The van der Waals surface area contributed by atoms with Gasteiger partial charge in [-0.15, -0.1) is 0 Å². The van der Waals surface area contributed by atoms with E-state index in [9.17, 15) is 13.5 Å². The Kier molecular flexibility index (Phi) is 5.37. The van der Waals surface area contributed by atoms with Gasteiger partial charge in [0.2, 0.25) is 10.0 Å². The van der Waals surface area contributed by atoms with E-state index in [0.29, 0.717) is 24.3 Å². The zero-order valence-corrected chi connectivity index (χ0v) is 15.1. The summed E-state index contributed by atoms with van der Waals surface area (Å²) in [7, 11) is -3.57. The van der Waals surface area contributed by atoms with Crippen LogP contribution < -0.4 is 0 Å². The fraction of sp³-hybridized carbons (Fsp3) is 0.300. The Hall–Kier alpha value is -1.95. The van der Waals surface area contributed by atoms with Crippen molar-refractivity contribution in [3.8, 4) is 0 Å². The molecule has 1 fully saturated rings. The summed E-state index contributed by atoms with van der Waals surface area (Å²) >= 11 is 0. The smallest absolute Gasteiger partial charge is 0.243 e. The largest absolute Gasteiger partial charge is 0.389 e. The third kappa shape index (κ3) is 4.18. The molecule has 1 atom stereocenters. The summed E-state index contributed by atoms with van der Waals surface area (Å²) in [6.45, 7) is 2.56. The van der Waals surface area contributed by atoms with E-state index < -0.39 is 16.1 Å². The van der Waals surface area contributed by atoms with Gasteiger partial charge in [-0.1, -0.05) is 54.1 Å². The maximum Gasteiger partial charge on any atom is 0.243 e. The number of rotatable bonds is 3. The van der Waals surface area contributed by atoms with Crippen molar-refractivity contribution in [3.63, 3.8) is 0 Å². The van der Waals surface area contributed by atoms with Crippen molar-refractivity contribution in [2.75, 3.05) is 13.1 Å². The van der Waals surface area contributed by atoms with Crippen molar-refractivity contribution in [1.82, 2.24) is 4.31 Å². The maximum absolute atomic E-state index is 13.0. The van der Waals surface area contributed by atoms with E-state index in [0.717, 1.165) is 16.7 Å². The molecule has 1 unspecified atom stereocenters. The lowest BCUT2D eigenvalue weighted by molar-refractivity contribution is 0.202. The third-order valence-corrected chi connectivity index (χ3v) is 6.34. The number of aliphatic hydroxyl groups excluding tert-OH is 1. The fourth-order valence-electron chi connectivity index (χ4n) is 3.00. The summed E-state index contributed by atoms with van der Waals surface area (Å²) in [5.41, 5.74) is 2.72. The van der Waals surface area contributed by atoms with Crippen LogP contribution in [0.1, 0.15) is 24.0 Å². The molecule has 0 radical (unpaired) electrons. The van der Waals surface area contributed by atoms with Crippen LogP contribution >= 0.6 is 0 Å². The molecule has 0 saturated carbocycles. The highest BCUT2D eigenvalue weighted by Gasteiger charge is 2.29. The van der Waals surface area contributed by atoms with Crippen molar-refractivity contribution in [2.45, 2.75) is 30.8 Å². The molecule has 132 valence electrons. The molecule has 0 aliphatic carbocycles. The van der Waals surface area contributed by atoms with Gasteiger partial charge < -0.3 is 5.11 Å². The molecule has 0 spiro atoms. The van der Waals surface area contributed by atoms with E-state index in [4.69, 9.17) is 0 Å². The molecule has 1 saturated heterocycles. The first kappa shape index (κ1) is 17.9. The van der Waals surface area contributed by atoms with Crippen LogP contribution in [-0.4, -0.2) is 37.0 Å². The van der Waals surface area contributed by atoms with Crippen molar-refractivity contribution >= 4 is 16.1 Å². The SMILES string of the molecule is Cc1ccc(S(=O)(=O)N2CCCC(O)/C(=C\c3ccccc3)C2)cc1. The van der Waals surface area contributed by atoms with Crippen LogP contribution in [0.3, 0.4) is 0 Å². The number of aryl methyl sites for hydroxylation is 1. The first-order chi connectivity index (χ1) is 12.0. The van der Waals surface area contributed by atoms with Crippen LogP contribution in [0.5, 0.6) is 0 Å². The van der Waals surface area contributed by atoms with Crippen LogP contribution in [0.2, 0.25) is 0 Å². The Morgan fingerprint density at radius 2 is 1.76 bits per heavy atom. The molecule has 1 aliphatic rings. The highest BCUT2D eigenvalue weighted by atomic mass is 32.2. The van der Waals surface area contributed by atoms with Crippen LogP contribution in [0.25, 0.3) is 6.08 Å². The number of hydrogen-bond acceptors (Lipinski definition) is 3. The molecule has 0 bridgehead atoms. The maximum atomic E-state index is 13.0. The first-order valence-electron chi connectivity index (χ1n) is 8.47. The van der Waals surface area contributed by atoms with Gasteiger partial charge in [-0.3, -0.25) is 0 Å². The van der Waals surface area contributed by atoms with E-state index in [1.807, 2.05) is 43.3 Å². The highest BCUT2D eigenvalue weighted by molar-refractivity contribution is 7.89. The molecule has 25 heavy (non-hydrogen) atoms. The lowest BCUT2D eigenvalue weighted by Gasteiger charge is -2.21. The zero-order chi connectivity index (χ0) is 17.9. The Bertz CT molecular complexity index is 842. The van der Waals surface area contributed by atoms with Crippen molar-refractivity contribution in [1.29, 1.82) is 0 Å². The summed E-state index contributed by atoms with van der Waals surface area (Å²) in [6, 6.07) is 16.6. The summed E-state index contributed by atoms with van der Waals surface area (Å²) < 4.78 is 27.4. The molecule has 1 N–H and O–H groups in total. The average molecular weight is 357 g/mol. The monoisotopic (exact) mass is 357 g/mol. The molecule has 4 nitrogen and oxygen atoms in total. The van der Waals surface area contributed by atoms with Gasteiger partial charge in [0.25, 0.3) is 0 Å². The van der Waals surface area contributed by atoms with Crippen LogP contribution in [0, 0.1) is 6.92 Å². The van der Waals surface area contributed by atoms with Gasteiger partial charge in [-0.2, -0.15) is 4.31 Å². The minimum Gasteiger partial charge on any atom is -0.389 e. The molecule has 0 amide bonds. The van der Waals surface area contributed by atoms with E-state index >= 15 is 0 Å². The summed E-state index contributed by atoms with van der Waals surface area (Å²) in [4.78, 5) is 0.300. The first-order valence-corrected chi connectivity index (χ1v) is 9.91. The van der Waals surface area contributed by atoms with Gasteiger partial charge in [-0.05, 0) is 43.0 Å². The standard InChI is InChI=1S/C20H23NO3S/c1-16-9-11-19(12-10-16)25(23,24)21-13-5-8-20(22)18(15-21)14-17-6-3-2-4-7-17/h2-4,6-7,9-12,14,20,22H,5,8,13,15H2,1H3/b18-14-. The lowest BCUT2D eigenvalue weighted by atomic mass is 10.0. The Morgan fingerprint density at radius 3 is 2.44 bits per heavy atom. The minimum atomic E-state index is -3.57. The van der Waals surface area contributed by atoms with Gasteiger partial charge in [0.1, 0.15) is 0 Å². The van der Waals surface area contributed by atoms with E-state index in [1.165, 1.54) is 4.31 Å². The molecule has 3 rings (SSSR count). The molecule has 1 aliphatic heterocycles. The second kappa shape index (κ2) is 7.52. The molecule has 0 aromatic heterocycles. The average Bonchev–Trinajstić information content (AvgIpc) is 2.79. The zero-order valence-electron chi connectivity index (χ0n) is 14.3. The van der Waals surface area contributed by atoms with Gasteiger partial charge in [0, 0.05) is 13.1 Å². The topological polar surface area (TPSA) is 57.6 Å². The van der Waals surface area contributed by atoms with E-state index in [2.05, 4.69) is 0 Å². The molecule has 2 aromatic rings. The predicted molar refractivity (Wildman–Crippen MR) is 99.6 cm³/mol. The van der Waals surface area contributed by atoms with Crippen LogP contribution in [0.15, 0.2) is 65.1 Å². The van der Waals surface area contributed by atoms with Gasteiger partial charge in [0.05, 0.1) is 11.0 Å². The number of aliphatic hydroxyl groups is 1. The molecule has 2 aromatic carbocycles. The Morgan fingerprint density at radius 1 is 1.08 bits per heavy atom. The fourth-order valence-corrected chi connectivity index (χ4v) is 4.47. The normalized spacial score (nSPS) is 21.2. The number of benzene rings is 2. The second-order valence-corrected chi connectivity index (χ2v) is 8.38. The predicted octanol–water partition coefficient (Wildman–Crippen LogP) is 3.22. The molecule has 1 heterocycles. The Balaban J connectivity index is 1.91. The number of sulfonamides is 1. The number of hydrogen-bond donors (Lipinski definition) is 1. The second-order valence-electron chi connectivity index (χ2n) is 6.44. The van der Waals surface area contributed by atoms with Crippen LogP contribution in [-0.2, 0) is 10.0 Å². The molecule has 5 heteroatoms. The van der Waals surface area contributed by atoms with Gasteiger partial charge in [0.15, 0.2) is 0 Å². The number of nitrogens with zero attached hydrogens (tertiary/aromatic N) is 1. The van der Waals surface area contributed by atoms with Crippen molar-refractivity contribution in [2.24, 2.45) is 0 Å². The molecular formula is C20H23NO3S. The minimum absolute atomic E-state index is 0.215. The lowest BCUT2D eigenvalue weighted by Crippen LogP contribution is -2.33. The van der Waals surface area contributed by atoms with E-state index in [-0.39, 0.29) is 6.54 Å². The Labute approximate surface area is 149 Å². The summed E-state index contributed by atoms with van der Waals surface area (Å²) in [6.07, 6.45) is 2.49. The van der Waals surface area contributed by atoms with Crippen LogP contribution in [0.4, 0.5) is 0 Å². The third-order valence-electron chi connectivity index (χ3n) is 4.48. The highest BCUT2D eigenvalue weighted by Crippen LogP contribution is 2.25.